The highest BCUT2D eigenvalue weighted by atomic mass is 79.9. The van der Waals surface area contributed by atoms with Gasteiger partial charge in [0.2, 0.25) is 0 Å². The van der Waals surface area contributed by atoms with Crippen LogP contribution in [0.25, 0.3) is 0 Å². The number of Topliss-reactive ketones (excluding diaryl/α,β-unsaturated/α-hetero) is 1. The molecule has 0 saturated heterocycles. The van der Waals surface area contributed by atoms with Gasteiger partial charge in [-0.3, -0.25) is 4.79 Å². The largest absolute Gasteiger partial charge is 0.507 e. The Hall–Kier alpha value is -1.24. The second-order valence-corrected chi connectivity index (χ2v) is 4.46. The van der Waals surface area contributed by atoms with E-state index in [4.69, 9.17) is 4.74 Å². The number of aromatic hydroxyl groups is 1. The molecular formula is C11H10BrF3O3. The van der Waals surface area contributed by atoms with Gasteiger partial charge < -0.3 is 9.84 Å². The molecule has 0 aromatic heterocycles. The first-order valence-corrected chi connectivity index (χ1v) is 5.70. The summed E-state index contributed by atoms with van der Waals surface area (Å²) < 4.78 is 41.4. The lowest BCUT2D eigenvalue weighted by Gasteiger charge is -2.11. The van der Waals surface area contributed by atoms with Crippen LogP contribution in [0, 0.1) is 0 Å². The Labute approximate surface area is 110 Å². The summed E-state index contributed by atoms with van der Waals surface area (Å²) in [4.78, 5) is 11.6. The highest BCUT2D eigenvalue weighted by Crippen LogP contribution is 2.34. The summed E-state index contributed by atoms with van der Waals surface area (Å²) in [7, 11) is 1.27. The Bertz CT molecular complexity index is 458. The van der Waals surface area contributed by atoms with Gasteiger partial charge in [0, 0.05) is 10.9 Å². The molecule has 0 aliphatic rings. The number of methoxy groups -OCH3 is 1. The predicted molar refractivity (Wildman–Crippen MR) is 62.0 cm³/mol. The van der Waals surface area contributed by atoms with Gasteiger partial charge in [0.15, 0.2) is 5.78 Å². The first-order valence-electron chi connectivity index (χ1n) is 4.91. The summed E-state index contributed by atoms with van der Waals surface area (Å²) in [6, 6.07) is 2.63. The van der Waals surface area contributed by atoms with Crippen molar-refractivity contribution in [1.82, 2.24) is 0 Å². The first-order chi connectivity index (χ1) is 8.24. The fourth-order valence-corrected chi connectivity index (χ4v) is 1.81. The number of phenols is 1. The van der Waals surface area contributed by atoms with E-state index in [2.05, 4.69) is 15.9 Å². The average molecular weight is 327 g/mol. The number of hydrogen-bond acceptors (Lipinski definition) is 3. The van der Waals surface area contributed by atoms with Crippen molar-refractivity contribution in [3.8, 4) is 11.5 Å². The Balaban J connectivity index is 2.98. The van der Waals surface area contributed by atoms with Crippen molar-refractivity contribution in [1.29, 1.82) is 0 Å². The Morgan fingerprint density at radius 2 is 2.06 bits per heavy atom. The molecular weight excluding hydrogens is 317 g/mol. The second-order valence-electron chi connectivity index (χ2n) is 3.54. The minimum atomic E-state index is -4.41. The third-order valence-electron chi connectivity index (χ3n) is 2.18. The van der Waals surface area contributed by atoms with Gasteiger partial charge in [-0.15, -0.1) is 0 Å². The maximum absolute atomic E-state index is 12.0. The Morgan fingerprint density at radius 1 is 1.44 bits per heavy atom. The molecule has 0 aliphatic heterocycles. The molecule has 1 aromatic rings. The minimum Gasteiger partial charge on any atom is -0.507 e. The van der Waals surface area contributed by atoms with E-state index in [1.54, 1.807) is 0 Å². The van der Waals surface area contributed by atoms with Crippen LogP contribution in [-0.2, 0) is 0 Å². The average Bonchev–Trinajstić information content (AvgIpc) is 2.23. The number of phenolic OH excluding ortho intramolecular Hbond substituents is 1. The molecule has 0 atom stereocenters. The summed E-state index contributed by atoms with van der Waals surface area (Å²) >= 11 is 3.08. The molecule has 0 bridgehead atoms. The molecule has 100 valence electrons. The molecule has 0 fully saturated rings. The quantitative estimate of drug-likeness (QED) is 0.858. The van der Waals surface area contributed by atoms with Gasteiger partial charge in [-0.1, -0.05) is 15.9 Å². The van der Waals surface area contributed by atoms with E-state index < -0.39 is 30.6 Å². The Morgan fingerprint density at radius 3 is 2.56 bits per heavy atom. The van der Waals surface area contributed by atoms with E-state index >= 15 is 0 Å². The van der Waals surface area contributed by atoms with Crippen molar-refractivity contribution in [2.75, 3.05) is 7.11 Å². The zero-order valence-electron chi connectivity index (χ0n) is 9.34. The second kappa shape index (κ2) is 5.60. The van der Waals surface area contributed by atoms with Gasteiger partial charge in [0.25, 0.3) is 0 Å². The number of rotatable bonds is 4. The van der Waals surface area contributed by atoms with Gasteiger partial charge in [0.1, 0.15) is 17.1 Å². The first kappa shape index (κ1) is 14.8. The summed E-state index contributed by atoms with van der Waals surface area (Å²) in [5.41, 5.74) is -0.232. The molecule has 0 radical (unpaired) electrons. The summed E-state index contributed by atoms with van der Waals surface area (Å²) in [5.74, 6) is -1.18. The highest BCUT2D eigenvalue weighted by Gasteiger charge is 2.29. The Kier molecular flexibility index (Phi) is 4.61. The number of hydrogen-bond donors (Lipinski definition) is 1. The van der Waals surface area contributed by atoms with Crippen molar-refractivity contribution in [2.24, 2.45) is 0 Å². The normalized spacial score (nSPS) is 11.4. The number of ether oxygens (including phenoxy) is 1. The van der Waals surface area contributed by atoms with E-state index in [0.717, 1.165) is 0 Å². The van der Waals surface area contributed by atoms with Crippen LogP contribution in [0.5, 0.6) is 11.5 Å². The third kappa shape index (κ3) is 3.90. The van der Waals surface area contributed by atoms with E-state index in [0.29, 0.717) is 4.47 Å². The fraction of sp³-hybridized carbons (Fsp3) is 0.364. The standard InChI is InChI=1S/C11H10BrF3O3/c1-18-9-5-6(12)4-8(17)10(9)7(16)2-3-11(13,14)15/h4-5,17H,2-3H2,1H3. The van der Waals surface area contributed by atoms with Gasteiger partial charge >= 0.3 is 6.18 Å². The van der Waals surface area contributed by atoms with Crippen LogP contribution in [0.3, 0.4) is 0 Å². The fourth-order valence-electron chi connectivity index (χ4n) is 1.39. The predicted octanol–water partition coefficient (Wildman–Crippen LogP) is 3.69. The number of carbonyl (C=O) groups is 1. The molecule has 1 aromatic carbocycles. The van der Waals surface area contributed by atoms with Gasteiger partial charge in [0.05, 0.1) is 13.5 Å². The molecule has 1 N–H and O–H groups in total. The molecule has 0 aliphatic carbocycles. The molecule has 3 nitrogen and oxygen atoms in total. The third-order valence-corrected chi connectivity index (χ3v) is 2.64. The van der Waals surface area contributed by atoms with E-state index in [-0.39, 0.29) is 11.3 Å². The number of ketones is 1. The van der Waals surface area contributed by atoms with Crippen LogP contribution in [0.2, 0.25) is 0 Å². The lowest BCUT2D eigenvalue weighted by Crippen LogP contribution is -2.11. The zero-order valence-corrected chi connectivity index (χ0v) is 10.9. The van der Waals surface area contributed by atoms with E-state index in [1.165, 1.54) is 19.2 Å². The number of halogens is 4. The molecule has 0 amide bonds. The van der Waals surface area contributed by atoms with Crippen LogP contribution < -0.4 is 4.74 Å². The van der Waals surface area contributed by atoms with Crippen LogP contribution in [-0.4, -0.2) is 24.2 Å². The van der Waals surface area contributed by atoms with Gasteiger partial charge in [-0.25, -0.2) is 0 Å². The van der Waals surface area contributed by atoms with Crippen LogP contribution in [0.15, 0.2) is 16.6 Å². The van der Waals surface area contributed by atoms with Crippen LogP contribution >= 0.6 is 15.9 Å². The smallest absolute Gasteiger partial charge is 0.389 e. The van der Waals surface area contributed by atoms with Crippen molar-refractivity contribution < 1.29 is 27.8 Å². The topological polar surface area (TPSA) is 46.5 Å². The summed E-state index contributed by atoms with van der Waals surface area (Å²) in [6.07, 6.45) is -6.37. The SMILES string of the molecule is COc1cc(Br)cc(O)c1C(=O)CCC(F)(F)F. The van der Waals surface area contributed by atoms with Crippen molar-refractivity contribution in [3.05, 3.63) is 22.2 Å². The maximum atomic E-state index is 12.0. The van der Waals surface area contributed by atoms with Crippen molar-refractivity contribution >= 4 is 21.7 Å². The molecule has 18 heavy (non-hydrogen) atoms. The molecule has 0 heterocycles. The summed E-state index contributed by atoms with van der Waals surface area (Å²) in [6.45, 7) is 0. The highest BCUT2D eigenvalue weighted by molar-refractivity contribution is 9.10. The lowest BCUT2D eigenvalue weighted by atomic mass is 10.0. The molecule has 0 saturated carbocycles. The van der Waals surface area contributed by atoms with Crippen molar-refractivity contribution in [3.63, 3.8) is 0 Å². The molecule has 0 unspecified atom stereocenters. The van der Waals surface area contributed by atoms with Crippen LogP contribution in [0.1, 0.15) is 23.2 Å². The molecule has 1 rings (SSSR count). The van der Waals surface area contributed by atoms with Gasteiger partial charge in [-0.2, -0.15) is 13.2 Å². The monoisotopic (exact) mass is 326 g/mol. The number of carbonyl (C=O) groups excluding carboxylic acids is 1. The number of benzene rings is 1. The van der Waals surface area contributed by atoms with E-state index in [1.807, 2.05) is 0 Å². The minimum absolute atomic E-state index is 0.0362. The molecule has 7 heteroatoms. The summed E-state index contributed by atoms with van der Waals surface area (Å²) in [5, 5.41) is 9.59. The van der Waals surface area contributed by atoms with E-state index in [9.17, 15) is 23.1 Å². The van der Waals surface area contributed by atoms with Gasteiger partial charge in [-0.05, 0) is 12.1 Å². The zero-order chi connectivity index (χ0) is 13.9. The molecule has 0 spiro atoms. The lowest BCUT2D eigenvalue weighted by molar-refractivity contribution is -0.133. The number of alkyl halides is 3. The maximum Gasteiger partial charge on any atom is 0.389 e. The van der Waals surface area contributed by atoms with Crippen LogP contribution in [0.4, 0.5) is 13.2 Å². The van der Waals surface area contributed by atoms with Crippen molar-refractivity contribution in [2.45, 2.75) is 19.0 Å².